The van der Waals surface area contributed by atoms with E-state index in [1.807, 2.05) is 32.0 Å². The van der Waals surface area contributed by atoms with Gasteiger partial charge in [-0.05, 0) is 25.0 Å². The van der Waals surface area contributed by atoms with Crippen LogP contribution in [0.1, 0.15) is 17.5 Å². The molecule has 0 spiro atoms. The molecule has 2 rings (SSSR count). The highest BCUT2D eigenvalue weighted by molar-refractivity contribution is 7.94. The summed E-state index contributed by atoms with van der Waals surface area (Å²) in [6, 6.07) is 5.47. The molecule has 1 aliphatic rings. The molecule has 4 nitrogen and oxygen atoms in total. The molecule has 0 saturated carbocycles. The summed E-state index contributed by atoms with van der Waals surface area (Å²) < 4.78 is 24.5. The fraction of sp³-hybridized carbons (Fsp3) is 0.364. The minimum atomic E-state index is -3.45. The quantitative estimate of drug-likeness (QED) is 0.743. The highest BCUT2D eigenvalue weighted by atomic mass is 32.2. The number of para-hydroxylation sites is 1. The standard InChI is InChI=1S/C11H13NO3S/c1-8-4-3-5-9(2)11(8)12-10(13)6-7-16(12,14)15/h3-5H,6-7H2,1-2H3. The van der Waals surface area contributed by atoms with E-state index in [-0.39, 0.29) is 18.1 Å². The number of carbonyl (C=O) groups is 1. The first-order valence-electron chi connectivity index (χ1n) is 5.05. The summed E-state index contributed by atoms with van der Waals surface area (Å²) in [6.45, 7) is 3.62. The number of carbonyl (C=O) groups excluding carboxylic acids is 1. The normalized spacial score (nSPS) is 19.1. The SMILES string of the molecule is Cc1cccc(C)c1N1C(=O)CCS1(=O)=O. The highest BCUT2D eigenvalue weighted by Crippen LogP contribution is 2.31. The molecular formula is C11H13NO3S. The predicted molar refractivity (Wildman–Crippen MR) is 61.8 cm³/mol. The number of nitrogens with zero attached hydrogens (tertiary/aromatic N) is 1. The average molecular weight is 239 g/mol. The van der Waals surface area contributed by atoms with Crippen molar-refractivity contribution in [3.63, 3.8) is 0 Å². The van der Waals surface area contributed by atoms with Crippen LogP contribution in [0.2, 0.25) is 0 Å². The Bertz CT molecular complexity index is 528. The van der Waals surface area contributed by atoms with Crippen molar-refractivity contribution in [2.24, 2.45) is 0 Å². The van der Waals surface area contributed by atoms with Gasteiger partial charge >= 0.3 is 0 Å². The molecule has 0 N–H and O–H groups in total. The molecule has 1 saturated heterocycles. The zero-order valence-electron chi connectivity index (χ0n) is 9.23. The summed E-state index contributed by atoms with van der Waals surface area (Å²) in [7, 11) is -3.45. The van der Waals surface area contributed by atoms with Gasteiger partial charge in [-0.2, -0.15) is 0 Å². The van der Waals surface area contributed by atoms with E-state index in [0.717, 1.165) is 15.4 Å². The van der Waals surface area contributed by atoms with Crippen LogP contribution in [0.15, 0.2) is 18.2 Å². The van der Waals surface area contributed by atoms with Gasteiger partial charge in [-0.15, -0.1) is 0 Å². The number of sulfonamides is 1. The number of aryl methyl sites for hydroxylation is 2. The van der Waals surface area contributed by atoms with Gasteiger partial charge in [0.2, 0.25) is 15.9 Å². The maximum Gasteiger partial charge on any atom is 0.242 e. The Balaban J connectivity index is 2.65. The number of benzene rings is 1. The van der Waals surface area contributed by atoms with Crippen LogP contribution in [0.5, 0.6) is 0 Å². The fourth-order valence-electron chi connectivity index (χ4n) is 1.95. The summed E-state index contributed by atoms with van der Waals surface area (Å²) >= 11 is 0. The second-order valence-corrected chi connectivity index (χ2v) is 5.90. The Morgan fingerprint density at radius 2 is 1.75 bits per heavy atom. The third-order valence-electron chi connectivity index (χ3n) is 2.72. The Morgan fingerprint density at radius 3 is 2.19 bits per heavy atom. The predicted octanol–water partition coefficient (Wildman–Crippen LogP) is 1.37. The zero-order valence-corrected chi connectivity index (χ0v) is 10.0. The molecule has 1 aliphatic heterocycles. The Kier molecular flexibility index (Phi) is 2.50. The lowest BCUT2D eigenvalue weighted by atomic mass is 10.1. The molecule has 0 atom stereocenters. The summed E-state index contributed by atoms with van der Waals surface area (Å²) in [4.78, 5) is 11.6. The van der Waals surface area contributed by atoms with Gasteiger partial charge < -0.3 is 0 Å². The summed E-state index contributed by atoms with van der Waals surface area (Å²) in [5.41, 5.74) is 2.13. The van der Waals surface area contributed by atoms with Crippen LogP contribution in [-0.2, 0) is 14.8 Å². The third-order valence-corrected chi connectivity index (χ3v) is 4.38. The van der Waals surface area contributed by atoms with Gasteiger partial charge in [0, 0.05) is 6.42 Å². The van der Waals surface area contributed by atoms with Crippen molar-refractivity contribution in [3.05, 3.63) is 29.3 Å². The van der Waals surface area contributed by atoms with Crippen molar-refractivity contribution in [1.82, 2.24) is 0 Å². The maximum absolute atomic E-state index is 11.8. The van der Waals surface area contributed by atoms with Gasteiger partial charge in [0.1, 0.15) is 0 Å². The third kappa shape index (κ3) is 1.61. The van der Waals surface area contributed by atoms with Crippen LogP contribution < -0.4 is 4.31 Å². The number of rotatable bonds is 1. The van der Waals surface area contributed by atoms with E-state index >= 15 is 0 Å². The van der Waals surface area contributed by atoms with E-state index in [4.69, 9.17) is 0 Å². The summed E-state index contributed by atoms with van der Waals surface area (Å²) in [5, 5.41) is 0. The number of anilines is 1. The molecule has 0 aromatic heterocycles. The Morgan fingerprint density at radius 1 is 1.19 bits per heavy atom. The van der Waals surface area contributed by atoms with Crippen LogP contribution >= 0.6 is 0 Å². The monoisotopic (exact) mass is 239 g/mol. The van der Waals surface area contributed by atoms with Gasteiger partial charge in [0.15, 0.2) is 0 Å². The highest BCUT2D eigenvalue weighted by Gasteiger charge is 2.37. The van der Waals surface area contributed by atoms with Crippen LogP contribution in [0.25, 0.3) is 0 Å². The molecule has 0 aliphatic carbocycles. The second kappa shape index (κ2) is 3.59. The lowest BCUT2D eigenvalue weighted by molar-refractivity contribution is -0.116. The molecule has 0 unspecified atom stereocenters. The summed E-state index contributed by atoms with van der Waals surface area (Å²) in [5.74, 6) is -0.419. The van der Waals surface area contributed by atoms with E-state index in [1.54, 1.807) is 0 Å². The molecule has 0 bridgehead atoms. The summed E-state index contributed by atoms with van der Waals surface area (Å²) in [6.07, 6.45) is 0.0795. The zero-order chi connectivity index (χ0) is 11.9. The lowest BCUT2D eigenvalue weighted by Crippen LogP contribution is -2.30. The van der Waals surface area contributed by atoms with Crippen molar-refractivity contribution < 1.29 is 13.2 Å². The van der Waals surface area contributed by atoms with Crippen molar-refractivity contribution >= 4 is 21.6 Å². The number of hydrogen-bond donors (Lipinski definition) is 0. The van der Waals surface area contributed by atoms with Crippen LogP contribution in [0.3, 0.4) is 0 Å². The Hall–Kier alpha value is -1.36. The van der Waals surface area contributed by atoms with Gasteiger partial charge in [0.05, 0.1) is 11.4 Å². The first-order valence-corrected chi connectivity index (χ1v) is 6.66. The number of hydrogen-bond acceptors (Lipinski definition) is 3. The molecule has 1 fully saturated rings. The molecule has 1 aromatic rings. The molecule has 1 amide bonds. The molecule has 0 radical (unpaired) electrons. The van der Waals surface area contributed by atoms with Crippen molar-refractivity contribution in [3.8, 4) is 0 Å². The van der Waals surface area contributed by atoms with Gasteiger partial charge in [-0.1, -0.05) is 18.2 Å². The van der Waals surface area contributed by atoms with Gasteiger partial charge in [-0.25, -0.2) is 12.7 Å². The van der Waals surface area contributed by atoms with Crippen molar-refractivity contribution in [2.75, 3.05) is 10.1 Å². The minimum absolute atomic E-state index is 0.0795. The molecule has 16 heavy (non-hydrogen) atoms. The molecule has 5 heteroatoms. The average Bonchev–Trinajstić information content (AvgIpc) is 2.44. The molecular weight excluding hydrogens is 226 g/mol. The topological polar surface area (TPSA) is 54.5 Å². The largest absolute Gasteiger partial charge is 0.273 e. The van der Waals surface area contributed by atoms with Crippen LogP contribution in [0, 0.1) is 13.8 Å². The number of amides is 1. The van der Waals surface area contributed by atoms with E-state index in [9.17, 15) is 13.2 Å². The van der Waals surface area contributed by atoms with Gasteiger partial charge in [-0.3, -0.25) is 4.79 Å². The Labute approximate surface area is 94.9 Å². The molecule has 86 valence electrons. The first kappa shape index (κ1) is 11.1. The van der Waals surface area contributed by atoms with Crippen LogP contribution in [0.4, 0.5) is 5.69 Å². The first-order chi connectivity index (χ1) is 7.43. The smallest absolute Gasteiger partial charge is 0.242 e. The molecule has 1 aromatic carbocycles. The van der Waals surface area contributed by atoms with E-state index in [2.05, 4.69) is 0 Å². The van der Waals surface area contributed by atoms with E-state index < -0.39 is 10.0 Å². The molecule has 1 heterocycles. The van der Waals surface area contributed by atoms with E-state index in [1.165, 1.54) is 0 Å². The van der Waals surface area contributed by atoms with Crippen molar-refractivity contribution in [2.45, 2.75) is 20.3 Å². The minimum Gasteiger partial charge on any atom is -0.273 e. The lowest BCUT2D eigenvalue weighted by Gasteiger charge is -2.19. The second-order valence-electron chi connectivity index (χ2n) is 3.96. The van der Waals surface area contributed by atoms with Crippen molar-refractivity contribution in [1.29, 1.82) is 0 Å². The van der Waals surface area contributed by atoms with Crippen LogP contribution in [-0.4, -0.2) is 20.1 Å². The van der Waals surface area contributed by atoms with Gasteiger partial charge in [0.25, 0.3) is 0 Å². The maximum atomic E-state index is 11.8. The fourth-order valence-corrected chi connectivity index (χ4v) is 3.54. The van der Waals surface area contributed by atoms with E-state index in [0.29, 0.717) is 5.69 Å².